The largest absolute Gasteiger partial charge is 0.463 e. The van der Waals surface area contributed by atoms with Crippen molar-refractivity contribution in [3.63, 3.8) is 0 Å². The van der Waals surface area contributed by atoms with E-state index in [2.05, 4.69) is 20.3 Å². The number of imidazole rings is 1. The molecule has 6 nitrogen and oxygen atoms in total. The minimum absolute atomic E-state index is 0.0286. The summed E-state index contributed by atoms with van der Waals surface area (Å²) in [6.07, 6.45) is -3.39. The summed E-state index contributed by atoms with van der Waals surface area (Å²) in [5.41, 5.74) is 0.582. The van der Waals surface area contributed by atoms with Gasteiger partial charge in [-0.15, -0.1) is 0 Å². The van der Waals surface area contributed by atoms with E-state index in [1.54, 1.807) is 12.1 Å². The van der Waals surface area contributed by atoms with Crippen LogP contribution in [0.15, 0.2) is 30.6 Å². The number of nitrogens with zero attached hydrogens (tertiary/aromatic N) is 4. The van der Waals surface area contributed by atoms with Crippen LogP contribution in [0.25, 0.3) is 16.9 Å². The fraction of sp³-hybridized carbons (Fsp3) is 0.214. The Hall–Kier alpha value is -2.91. The number of benzene rings is 1. The Morgan fingerprint density at radius 3 is 2.71 bits per heavy atom. The standard InChI is InChI=1S/C14H11F4N5O/c1-19-11-10-12(22-13(21-11)14(16,17)18)23(7-20-10)8-3-2-4-9(5-8)24-6-15/h2-5,7H,6H2,1H3,(H,19,21,22). The zero-order valence-electron chi connectivity index (χ0n) is 12.3. The molecule has 0 unspecified atom stereocenters. The van der Waals surface area contributed by atoms with E-state index >= 15 is 0 Å². The molecule has 0 spiro atoms. The number of rotatable bonds is 4. The van der Waals surface area contributed by atoms with Crippen molar-refractivity contribution in [1.29, 1.82) is 0 Å². The number of nitrogens with one attached hydrogen (secondary N) is 1. The second-order valence-corrected chi connectivity index (χ2v) is 4.68. The molecule has 1 N–H and O–H groups in total. The van der Waals surface area contributed by atoms with Crippen molar-refractivity contribution in [2.24, 2.45) is 0 Å². The summed E-state index contributed by atoms with van der Waals surface area (Å²) >= 11 is 0. The molecule has 0 saturated carbocycles. The van der Waals surface area contributed by atoms with E-state index in [4.69, 9.17) is 4.74 Å². The number of fused-ring (bicyclic) bond motifs is 1. The minimum atomic E-state index is -4.70. The van der Waals surface area contributed by atoms with Crippen molar-refractivity contribution in [1.82, 2.24) is 19.5 Å². The molecule has 0 bridgehead atoms. The van der Waals surface area contributed by atoms with Crippen LogP contribution in [-0.4, -0.2) is 33.4 Å². The summed E-state index contributed by atoms with van der Waals surface area (Å²) in [4.78, 5) is 11.1. The minimum Gasteiger partial charge on any atom is -0.463 e. The maximum Gasteiger partial charge on any atom is 0.451 e. The Bertz CT molecular complexity index is 877. The molecule has 0 amide bonds. The first-order valence-corrected chi connectivity index (χ1v) is 6.73. The number of halogens is 4. The molecule has 0 atom stereocenters. The highest BCUT2D eigenvalue weighted by molar-refractivity contribution is 5.84. The Morgan fingerprint density at radius 2 is 2.04 bits per heavy atom. The van der Waals surface area contributed by atoms with Crippen LogP contribution in [0.4, 0.5) is 23.4 Å². The molecule has 2 aromatic heterocycles. The SMILES string of the molecule is CNc1nc(C(F)(F)F)nc2c1ncn2-c1cccc(OCF)c1. The number of ether oxygens (including phenoxy) is 1. The second-order valence-electron chi connectivity index (χ2n) is 4.68. The molecular weight excluding hydrogens is 330 g/mol. The maximum absolute atomic E-state index is 13.0. The number of hydrogen-bond acceptors (Lipinski definition) is 5. The zero-order chi connectivity index (χ0) is 17.3. The van der Waals surface area contributed by atoms with Gasteiger partial charge in [-0.05, 0) is 12.1 Å². The highest BCUT2D eigenvalue weighted by atomic mass is 19.4. The van der Waals surface area contributed by atoms with Crippen molar-refractivity contribution in [3.8, 4) is 11.4 Å². The van der Waals surface area contributed by atoms with Crippen molar-refractivity contribution < 1.29 is 22.3 Å². The van der Waals surface area contributed by atoms with Gasteiger partial charge in [0.05, 0.1) is 5.69 Å². The molecule has 0 fully saturated rings. The van der Waals surface area contributed by atoms with E-state index in [9.17, 15) is 17.6 Å². The van der Waals surface area contributed by atoms with Gasteiger partial charge in [-0.1, -0.05) is 6.07 Å². The molecule has 0 radical (unpaired) electrons. The van der Waals surface area contributed by atoms with Gasteiger partial charge in [0, 0.05) is 13.1 Å². The summed E-state index contributed by atoms with van der Waals surface area (Å²) in [5, 5.41) is 2.58. The van der Waals surface area contributed by atoms with Gasteiger partial charge >= 0.3 is 6.18 Å². The fourth-order valence-corrected chi connectivity index (χ4v) is 2.18. The normalized spacial score (nSPS) is 11.7. The number of aromatic nitrogens is 4. The second kappa shape index (κ2) is 5.95. The Kier molecular flexibility index (Phi) is 3.96. The third-order valence-electron chi connectivity index (χ3n) is 3.20. The van der Waals surface area contributed by atoms with Gasteiger partial charge in [0.25, 0.3) is 0 Å². The van der Waals surface area contributed by atoms with E-state index < -0.39 is 18.9 Å². The Labute approximate surface area is 133 Å². The molecule has 24 heavy (non-hydrogen) atoms. The maximum atomic E-state index is 13.0. The molecule has 0 aliphatic rings. The van der Waals surface area contributed by atoms with Gasteiger partial charge in [-0.3, -0.25) is 4.57 Å². The molecule has 0 saturated heterocycles. The fourth-order valence-electron chi connectivity index (χ4n) is 2.18. The summed E-state index contributed by atoms with van der Waals surface area (Å²) in [7, 11) is 1.44. The first-order chi connectivity index (χ1) is 11.4. The van der Waals surface area contributed by atoms with Crippen molar-refractivity contribution >= 4 is 17.0 Å². The summed E-state index contributed by atoms with van der Waals surface area (Å²) in [6.45, 7) is -1.02. The highest BCUT2D eigenvalue weighted by Gasteiger charge is 2.36. The first-order valence-electron chi connectivity index (χ1n) is 6.73. The van der Waals surface area contributed by atoms with Gasteiger partial charge in [0.2, 0.25) is 12.7 Å². The smallest absolute Gasteiger partial charge is 0.451 e. The third-order valence-corrected chi connectivity index (χ3v) is 3.20. The molecule has 10 heteroatoms. The molecule has 3 rings (SSSR count). The van der Waals surface area contributed by atoms with Crippen LogP contribution in [0.2, 0.25) is 0 Å². The van der Waals surface area contributed by atoms with E-state index in [0.717, 1.165) is 0 Å². The van der Waals surface area contributed by atoms with Gasteiger partial charge in [0.15, 0.2) is 17.0 Å². The zero-order valence-corrected chi connectivity index (χ0v) is 12.3. The monoisotopic (exact) mass is 341 g/mol. The first kappa shape index (κ1) is 16.0. The third kappa shape index (κ3) is 2.82. The highest BCUT2D eigenvalue weighted by Crippen LogP contribution is 2.30. The number of alkyl halides is 4. The van der Waals surface area contributed by atoms with E-state index in [0.29, 0.717) is 5.69 Å². The van der Waals surface area contributed by atoms with Crippen LogP contribution < -0.4 is 10.1 Å². The summed E-state index contributed by atoms with van der Waals surface area (Å²) in [5.74, 6) is -1.09. The van der Waals surface area contributed by atoms with Gasteiger partial charge in [-0.2, -0.15) is 13.2 Å². The lowest BCUT2D eigenvalue weighted by atomic mass is 10.3. The Balaban J connectivity index is 2.20. The van der Waals surface area contributed by atoms with Crippen LogP contribution in [-0.2, 0) is 6.18 Å². The lowest BCUT2D eigenvalue weighted by molar-refractivity contribution is -0.144. The predicted molar refractivity (Wildman–Crippen MR) is 77.8 cm³/mol. The van der Waals surface area contributed by atoms with Gasteiger partial charge in [0.1, 0.15) is 12.1 Å². The molecule has 2 heterocycles. The topological polar surface area (TPSA) is 64.9 Å². The molecule has 0 aliphatic carbocycles. The number of anilines is 1. The lowest BCUT2D eigenvalue weighted by Gasteiger charge is -2.10. The van der Waals surface area contributed by atoms with E-state index in [-0.39, 0.29) is 22.7 Å². The summed E-state index contributed by atoms with van der Waals surface area (Å²) in [6, 6.07) is 6.18. The van der Waals surface area contributed by atoms with Crippen molar-refractivity contribution in [2.75, 3.05) is 19.2 Å². The van der Waals surface area contributed by atoms with Crippen molar-refractivity contribution in [2.45, 2.75) is 6.18 Å². The van der Waals surface area contributed by atoms with Gasteiger partial charge in [-0.25, -0.2) is 19.3 Å². The van der Waals surface area contributed by atoms with Crippen LogP contribution in [0.1, 0.15) is 5.82 Å². The Morgan fingerprint density at radius 1 is 1.25 bits per heavy atom. The van der Waals surface area contributed by atoms with Crippen LogP contribution in [0, 0.1) is 0 Å². The van der Waals surface area contributed by atoms with Crippen LogP contribution >= 0.6 is 0 Å². The predicted octanol–water partition coefficient (Wildman–Crippen LogP) is 3.18. The molecule has 0 aliphatic heterocycles. The number of hydrogen-bond donors (Lipinski definition) is 1. The van der Waals surface area contributed by atoms with Crippen LogP contribution in [0.5, 0.6) is 5.75 Å². The quantitative estimate of drug-likeness (QED) is 0.739. The average Bonchev–Trinajstić information content (AvgIpc) is 2.97. The molecule has 3 aromatic rings. The van der Waals surface area contributed by atoms with E-state index in [1.165, 1.54) is 30.1 Å². The molecule has 1 aromatic carbocycles. The molecule has 126 valence electrons. The molecular formula is C14H11F4N5O. The summed E-state index contributed by atoms with van der Waals surface area (Å²) < 4.78 is 57.4. The van der Waals surface area contributed by atoms with Crippen LogP contribution in [0.3, 0.4) is 0 Å². The average molecular weight is 341 g/mol. The van der Waals surface area contributed by atoms with E-state index in [1.807, 2.05) is 0 Å². The van der Waals surface area contributed by atoms with Gasteiger partial charge < -0.3 is 10.1 Å². The van der Waals surface area contributed by atoms with Crippen molar-refractivity contribution in [3.05, 3.63) is 36.4 Å². The lowest BCUT2D eigenvalue weighted by Crippen LogP contribution is -2.13.